The average Bonchev–Trinajstić information content (AvgIpc) is 2.15. The van der Waals surface area contributed by atoms with Crippen LogP contribution in [0.25, 0.3) is 0 Å². The van der Waals surface area contributed by atoms with E-state index in [9.17, 15) is 4.79 Å². The second-order valence-electron chi connectivity index (χ2n) is 3.54. The maximum absolute atomic E-state index is 10.6. The fourth-order valence-electron chi connectivity index (χ4n) is 1.78. The van der Waals surface area contributed by atoms with Crippen molar-refractivity contribution in [1.29, 1.82) is 0 Å². The quantitative estimate of drug-likeness (QED) is 0.782. The van der Waals surface area contributed by atoms with E-state index in [-0.39, 0.29) is 0 Å². The molecule has 76 valence electrons. The Morgan fingerprint density at radius 2 is 2.08 bits per heavy atom. The Morgan fingerprint density at radius 3 is 2.54 bits per heavy atom. The minimum Gasteiger partial charge on any atom is -0.465 e. The van der Waals surface area contributed by atoms with Gasteiger partial charge in [-0.2, -0.15) is 0 Å². The molecule has 1 aliphatic rings. The van der Waals surface area contributed by atoms with Crippen molar-refractivity contribution in [3.63, 3.8) is 0 Å². The van der Waals surface area contributed by atoms with Gasteiger partial charge in [-0.25, -0.2) is 4.79 Å². The number of likely N-dealkylation sites (tertiary alicyclic amines) is 1. The molecule has 0 bridgehead atoms. The number of hydrogen-bond acceptors (Lipinski definition) is 1. The molecule has 13 heavy (non-hydrogen) atoms. The molecule has 0 radical (unpaired) electrons. The van der Waals surface area contributed by atoms with Gasteiger partial charge in [0.2, 0.25) is 0 Å². The number of piperidine rings is 1. The van der Waals surface area contributed by atoms with Crippen LogP contribution in [0.5, 0.6) is 0 Å². The van der Waals surface area contributed by atoms with E-state index in [0.29, 0.717) is 0 Å². The van der Waals surface area contributed by atoms with E-state index in [1.165, 1.54) is 17.7 Å². The summed E-state index contributed by atoms with van der Waals surface area (Å²) in [5.41, 5.74) is 0. The smallest absolute Gasteiger partial charge is 0.407 e. The maximum atomic E-state index is 10.6. The van der Waals surface area contributed by atoms with Crippen LogP contribution in [0.3, 0.4) is 0 Å². The van der Waals surface area contributed by atoms with Crippen LogP contribution in [0.1, 0.15) is 25.7 Å². The predicted octanol–water partition coefficient (Wildman–Crippen LogP) is 2.55. The molecule has 3 nitrogen and oxygen atoms in total. The highest BCUT2D eigenvalue weighted by Gasteiger charge is 2.21. The maximum Gasteiger partial charge on any atom is 0.407 e. The van der Waals surface area contributed by atoms with Crippen LogP contribution in [0.4, 0.5) is 4.79 Å². The molecule has 0 unspecified atom stereocenters. The van der Waals surface area contributed by atoms with Crippen LogP contribution >= 0.6 is 15.9 Å². The topological polar surface area (TPSA) is 40.5 Å². The Labute approximate surface area is 87.2 Å². The molecule has 0 aromatic heterocycles. The zero-order chi connectivity index (χ0) is 9.68. The number of halogens is 1. The summed E-state index contributed by atoms with van der Waals surface area (Å²) in [5.74, 6) is 0.744. The van der Waals surface area contributed by atoms with Gasteiger partial charge in [0.1, 0.15) is 0 Å². The van der Waals surface area contributed by atoms with Gasteiger partial charge in [-0.05, 0) is 31.6 Å². The Morgan fingerprint density at radius 1 is 1.46 bits per heavy atom. The molecule has 1 aliphatic heterocycles. The molecule has 1 fully saturated rings. The number of hydrogen-bond donors (Lipinski definition) is 1. The summed E-state index contributed by atoms with van der Waals surface area (Å²) in [6, 6.07) is 0. The van der Waals surface area contributed by atoms with E-state index in [2.05, 4.69) is 15.9 Å². The second kappa shape index (κ2) is 5.47. The van der Waals surface area contributed by atoms with Gasteiger partial charge in [0, 0.05) is 18.4 Å². The highest BCUT2D eigenvalue weighted by atomic mass is 79.9. The fourth-order valence-corrected chi connectivity index (χ4v) is 2.10. The molecule has 0 spiro atoms. The molecule has 0 atom stereocenters. The summed E-state index contributed by atoms with van der Waals surface area (Å²) >= 11 is 3.41. The monoisotopic (exact) mass is 249 g/mol. The van der Waals surface area contributed by atoms with E-state index in [0.717, 1.165) is 37.2 Å². The minimum atomic E-state index is -0.765. The molecular weight excluding hydrogens is 234 g/mol. The van der Waals surface area contributed by atoms with E-state index >= 15 is 0 Å². The third-order valence-corrected chi connectivity index (χ3v) is 3.19. The summed E-state index contributed by atoms with van der Waals surface area (Å²) < 4.78 is 0. The lowest BCUT2D eigenvalue weighted by atomic mass is 9.93. The fraction of sp³-hybridized carbons (Fsp3) is 0.889. The second-order valence-corrected chi connectivity index (χ2v) is 4.34. The summed E-state index contributed by atoms with van der Waals surface area (Å²) in [7, 11) is 0. The van der Waals surface area contributed by atoms with Crippen molar-refractivity contribution in [2.75, 3.05) is 18.4 Å². The van der Waals surface area contributed by atoms with Crippen LogP contribution in [-0.2, 0) is 0 Å². The summed E-state index contributed by atoms with van der Waals surface area (Å²) in [5, 5.41) is 9.78. The molecule has 1 heterocycles. The Balaban J connectivity index is 2.18. The van der Waals surface area contributed by atoms with E-state index in [1.807, 2.05) is 0 Å². The first-order valence-corrected chi connectivity index (χ1v) is 5.90. The highest BCUT2D eigenvalue weighted by molar-refractivity contribution is 9.09. The van der Waals surface area contributed by atoms with Gasteiger partial charge in [-0.1, -0.05) is 15.9 Å². The number of alkyl halides is 1. The lowest BCUT2D eigenvalue weighted by Crippen LogP contribution is -2.37. The Hall–Kier alpha value is -0.250. The molecule has 0 saturated carbocycles. The Bertz CT molecular complexity index is 167. The van der Waals surface area contributed by atoms with Gasteiger partial charge < -0.3 is 10.0 Å². The third-order valence-electron chi connectivity index (χ3n) is 2.63. The zero-order valence-electron chi connectivity index (χ0n) is 7.71. The summed E-state index contributed by atoms with van der Waals surface area (Å²) in [6.45, 7) is 1.45. The highest BCUT2D eigenvalue weighted by Crippen LogP contribution is 2.21. The van der Waals surface area contributed by atoms with Crippen molar-refractivity contribution in [2.24, 2.45) is 5.92 Å². The van der Waals surface area contributed by atoms with Gasteiger partial charge >= 0.3 is 6.09 Å². The number of carbonyl (C=O) groups is 1. The zero-order valence-corrected chi connectivity index (χ0v) is 9.29. The molecule has 4 heteroatoms. The number of amides is 1. The first-order chi connectivity index (χ1) is 6.24. The van der Waals surface area contributed by atoms with Crippen LogP contribution in [0, 0.1) is 5.92 Å². The van der Waals surface area contributed by atoms with Crippen molar-refractivity contribution in [3.05, 3.63) is 0 Å². The van der Waals surface area contributed by atoms with Gasteiger partial charge in [0.05, 0.1) is 0 Å². The van der Waals surface area contributed by atoms with E-state index < -0.39 is 6.09 Å². The molecular formula is C9H16BrNO2. The van der Waals surface area contributed by atoms with E-state index in [1.54, 1.807) is 0 Å². The lowest BCUT2D eigenvalue weighted by molar-refractivity contribution is 0.123. The molecule has 1 rings (SSSR count). The lowest BCUT2D eigenvalue weighted by Gasteiger charge is -2.29. The first-order valence-electron chi connectivity index (χ1n) is 4.78. The van der Waals surface area contributed by atoms with Crippen molar-refractivity contribution < 1.29 is 9.90 Å². The van der Waals surface area contributed by atoms with Crippen molar-refractivity contribution in [3.8, 4) is 0 Å². The van der Waals surface area contributed by atoms with Gasteiger partial charge in [-0.3, -0.25) is 0 Å². The van der Waals surface area contributed by atoms with Gasteiger partial charge in [0.25, 0.3) is 0 Å². The molecule has 0 aromatic carbocycles. The molecule has 1 N–H and O–H groups in total. The first kappa shape index (κ1) is 10.8. The Kier molecular flexibility index (Phi) is 4.56. The number of nitrogens with zero attached hydrogens (tertiary/aromatic N) is 1. The van der Waals surface area contributed by atoms with E-state index in [4.69, 9.17) is 5.11 Å². The van der Waals surface area contributed by atoms with Crippen LogP contribution in [-0.4, -0.2) is 34.5 Å². The number of rotatable bonds is 3. The number of carboxylic acid groups (broad SMARTS) is 1. The van der Waals surface area contributed by atoms with Gasteiger partial charge in [0.15, 0.2) is 0 Å². The molecule has 1 saturated heterocycles. The standard InChI is InChI=1S/C9H16BrNO2/c10-5-1-2-8-3-6-11(7-4-8)9(12)13/h8H,1-7H2,(H,12,13). The molecule has 0 aromatic rings. The molecule has 0 aliphatic carbocycles. The SMILES string of the molecule is O=C(O)N1CCC(CCCBr)CC1. The molecule has 1 amide bonds. The third kappa shape index (κ3) is 3.55. The van der Waals surface area contributed by atoms with Crippen LogP contribution in [0.15, 0.2) is 0 Å². The van der Waals surface area contributed by atoms with Crippen molar-refractivity contribution in [2.45, 2.75) is 25.7 Å². The summed E-state index contributed by atoms with van der Waals surface area (Å²) in [4.78, 5) is 12.1. The normalized spacial score (nSPS) is 19.0. The average molecular weight is 250 g/mol. The van der Waals surface area contributed by atoms with Crippen molar-refractivity contribution >= 4 is 22.0 Å². The van der Waals surface area contributed by atoms with Gasteiger partial charge in [-0.15, -0.1) is 0 Å². The summed E-state index contributed by atoms with van der Waals surface area (Å²) in [6.07, 6.45) is 3.76. The van der Waals surface area contributed by atoms with Crippen LogP contribution < -0.4 is 0 Å². The minimum absolute atomic E-state index is 0.724. The largest absolute Gasteiger partial charge is 0.465 e. The van der Waals surface area contributed by atoms with Crippen molar-refractivity contribution in [1.82, 2.24) is 4.90 Å². The van der Waals surface area contributed by atoms with Crippen LogP contribution in [0.2, 0.25) is 0 Å². The predicted molar refractivity (Wildman–Crippen MR) is 55.3 cm³/mol.